The summed E-state index contributed by atoms with van der Waals surface area (Å²) in [4.78, 5) is 11.4. The van der Waals surface area contributed by atoms with E-state index in [1.165, 1.54) is 11.3 Å². The Bertz CT molecular complexity index is 298. The van der Waals surface area contributed by atoms with Gasteiger partial charge < -0.3 is 10.4 Å². The maximum absolute atomic E-state index is 11.4. The Hall–Kier alpha value is -0.390. The Morgan fingerprint density at radius 1 is 1.77 bits per heavy atom. The van der Waals surface area contributed by atoms with Crippen LogP contribution in [0.1, 0.15) is 17.3 Å². The number of aliphatic hydroxyl groups excluding tert-OH is 1. The summed E-state index contributed by atoms with van der Waals surface area (Å²) < 4.78 is 0.792. The minimum atomic E-state index is -0.513. The summed E-state index contributed by atoms with van der Waals surface area (Å²) in [6.45, 7) is 1.91. The predicted molar refractivity (Wildman–Crippen MR) is 56.0 cm³/mol. The molecule has 1 rings (SSSR count). The van der Waals surface area contributed by atoms with E-state index in [-0.39, 0.29) is 12.5 Å². The van der Waals surface area contributed by atoms with Crippen molar-refractivity contribution in [3.8, 4) is 0 Å². The number of rotatable bonds is 3. The fraction of sp³-hybridized carbons (Fsp3) is 0.375. The van der Waals surface area contributed by atoms with E-state index in [4.69, 9.17) is 5.11 Å². The Morgan fingerprint density at radius 2 is 2.46 bits per heavy atom. The number of nitrogens with one attached hydrogen (secondary N) is 1. The van der Waals surface area contributed by atoms with Crippen molar-refractivity contribution in [1.29, 1.82) is 0 Å². The molecule has 0 saturated heterocycles. The van der Waals surface area contributed by atoms with Crippen LogP contribution in [-0.2, 0) is 0 Å². The molecule has 72 valence electrons. The topological polar surface area (TPSA) is 49.3 Å². The summed E-state index contributed by atoms with van der Waals surface area (Å²) >= 11 is 4.72. The van der Waals surface area contributed by atoms with Gasteiger partial charge in [-0.3, -0.25) is 4.79 Å². The van der Waals surface area contributed by atoms with Crippen LogP contribution in [0.3, 0.4) is 0 Å². The second-order valence-corrected chi connectivity index (χ2v) is 4.29. The number of carbonyl (C=O) groups is 1. The molecule has 0 aliphatic carbocycles. The molecule has 0 saturated carbocycles. The molecule has 0 aliphatic rings. The van der Waals surface area contributed by atoms with E-state index in [0.29, 0.717) is 5.56 Å². The molecular formula is C8H10BrNO2S. The quantitative estimate of drug-likeness (QED) is 0.871. The standard InChI is InChI=1S/C8H10BrNO2S/c1-5(11)2-10-8(12)6-3-13-4-7(6)9/h3-5,11H,2H2,1H3,(H,10,12). The third-order valence-electron chi connectivity index (χ3n) is 1.42. The van der Waals surface area contributed by atoms with Crippen molar-refractivity contribution >= 4 is 33.2 Å². The Balaban J connectivity index is 2.54. The first-order valence-electron chi connectivity index (χ1n) is 3.79. The van der Waals surface area contributed by atoms with Gasteiger partial charge in [0.15, 0.2) is 0 Å². The van der Waals surface area contributed by atoms with Crippen LogP contribution in [0.4, 0.5) is 0 Å². The van der Waals surface area contributed by atoms with Gasteiger partial charge in [0.25, 0.3) is 5.91 Å². The first-order chi connectivity index (χ1) is 6.11. The highest BCUT2D eigenvalue weighted by Crippen LogP contribution is 2.20. The van der Waals surface area contributed by atoms with Gasteiger partial charge in [-0.25, -0.2) is 0 Å². The largest absolute Gasteiger partial charge is 0.392 e. The molecule has 0 aliphatic heterocycles. The zero-order valence-corrected chi connectivity index (χ0v) is 9.48. The van der Waals surface area contributed by atoms with Gasteiger partial charge in [-0.2, -0.15) is 11.3 Å². The third-order valence-corrected chi connectivity index (χ3v) is 3.12. The number of amides is 1. The van der Waals surface area contributed by atoms with Gasteiger partial charge in [-0.1, -0.05) is 0 Å². The summed E-state index contributed by atoms with van der Waals surface area (Å²) in [5.74, 6) is -0.158. The summed E-state index contributed by atoms with van der Waals surface area (Å²) in [6.07, 6.45) is -0.513. The average molecular weight is 264 g/mol. The van der Waals surface area contributed by atoms with Crippen molar-refractivity contribution in [1.82, 2.24) is 5.32 Å². The molecule has 1 unspecified atom stereocenters. The smallest absolute Gasteiger partial charge is 0.253 e. The van der Waals surface area contributed by atoms with E-state index in [0.717, 1.165) is 4.47 Å². The normalized spacial score (nSPS) is 12.5. The molecule has 1 amide bonds. The van der Waals surface area contributed by atoms with Gasteiger partial charge in [0.1, 0.15) is 0 Å². The summed E-state index contributed by atoms with van der Waals surface area (Å²) in [5, 5.41) is 15.2. The van der Waals surface area contributed by atoms with Gasteiger partial charge >= 0.3 is 0 Å². The molecular weight excluding hydrogens is 254 g/mol. The third kappa shape index (κ3) is 3.10. The number of aliphatic hydroxyl groups is 1. The maximum atomic E-state index is 11.4. The van der Waals surface area contributed by atoms with Crippen LogP contribution in [0.15, 0.2) is 15.2 Å². The molecule has 1 atom stereocenters. The fourth-order valence-electron chi connectivity index (χ4n) is 0.779. The van der Waals surface area contributed by atoms with Crippen LogP contribution in [0.5, 0.6) is 0 Å². The SMILES string of the molecule is CC(O)CNC(=O)c1cscc1Br. The number of thiophene rings is 1. The highest BCUT2D eigenvalue weighted by atomic mass is 79.9. The summed E-state index contributed by atoms with van der Waals surface area (Å²) in [7, 11) is 0. The average Bonchev–Trinajstić information content (AvgIpc) is 2.47. The molecule has 5 heteroatoms. The van der Waals surface area contributed by atoms with Crippen molar-refractivity contribution in [2.75, 3.05) is 6.54 Å². The van der Waals surface area contributed by atoms with Crippen LogP contribution < -0.4 is 5.32 Å². The van der Waals surface area contributed by atoms with E-state index >= 15 is 0 Å². The van der Waals surface area contributed by atoms with Gasteiger partial charge in [-0.15, -0.1) is 0 Å². The lowest BCUT2D eigenvalue weighted by molar-refractivity contribution is 0.0924. The minimum Gasteiger partial charge on any atom is -0.392 e. The van der Waals surface area contributed by atoms with Crippen LogP contribution >= 0.6 is 27.3 Å². The highest BCUT2D eigenvalue weighted by Gasteiger charge is 2.10. The van der Waals surface area contributed by atoms with Crippen molar-refractivity contribution < 1.29 is 9.90 Å². The Morgan fingerprint density at radius 3 is 2.92 bits per heavy atom. The molecule has 3 nitrogen and oxygen atoms in total. The lowest BCUT2D eigenvalue weighted by atomic mass is 10.3. The van der Waals surface area contributed by atoms with Crippen molar-refractivity contribution in [3.05, 3.63) is 20.8 Å². The molecule has 1 heterocycles. The Labute approximate surface area is 88.9 Å². The monoisotopic (exact) mass is 263 g/mol. The molecule has 1 aromatic heterocycles. The second kappa shape index (κ2) is 4.74. The van der Waals surface area contributed by atoms with Gasteiger partial charge in [0.2, 0.25) is 0 Å². The van der Waals surface area contributed by atoms with Gasteiger partial charge in [0.05, 0.1) is 11.7 Å². The molecule has 0 spiro atoms. The van der Waals surface area contributed by atoms with Crippen LogP contribution in [0, 0.1) is 0 Å². The van der Waals surface area contributed by atoms with Crippen LogP contribution in [0.25, 0.3) is 0 Å². The van der Waals surface area contributed by atoms with Gasteiger partial charge in [0, 0.05) is 21.8 Å². The molecule has 1 aromatic rings. The fourth-order valence-corrected chi connectivity index (χ4v) is 2.23. The number of hydrogen-bond acceptors (Lipinski definition) is 3. The first kappa shape index (κ1) is 10.7. The molecule has 0 fully saturated rings. The lowest BCUT2D eigenvalue weighted by Gasteiger charge is -2.05. The summed E-state index contributed by atoms with van der Waals surface area (Å²) in [6, 6.07) is 0. The van der Waals surface area contributed by atoms with Crippen LogP contribution in [-0.4, -0.2) is 23.7 Å². The number of carbonyl (C=O) groups excluding carboxylic acids is 1. The van der Waals surface area contributed by atoms with E-state index in [1.807, 2.05) is 5.38 Å². The zero-order chi connectivity index (χ0) is 9.84. The van der Waals surface area contributed by atoms with Gasteiger partial charge in [-0.05, 0) is 22.9 Å². The minimum absolute atomic E-state index is 0.158. The van der Waals surface area contributed by atoms with E-state index in [9.17, 15) is 4.79 Å². The predicted octanol–water partition coefficient (Wildman–Crippen LogP) is 1.62. The second-order valence-electron chi connectivity index (χ2n) is 2.69. The zero-order valence-electron chi connectivity index (χ0n) is 7.08. The van der Waals surface area contributed by atoms with Crippen molar-refractivity contribution in [2.24, 2.45) is 0 Å². The van der Waals surface area contributed by atoms with Crippen LogP contribution in [0.2, 0.25) is 0 Å². The summed E-state index contributed by atoms with van der Waals surface area (Å²) in [5.41, 5.74) is 0.616. The van der Waals surface area contributed by atoms with E-state index in [1.54, 1.807) is 12.3 Å². The molecule has 13 heavy (non-hydrogen) atoms. The molecule has 0 bridgehead atoms. The lowest BCUT2D eigenvalue weighted by Crippen LogP contribution is -2.30. The Kier molecular flexibility index (Phi) is 3.90. The molecule has 2 N–H and O–H groups in total. The number of hydrogen-bond donors (Lipinski definition) is 2. The highest BCUT2D eigenvalue weighted by molar-refractivity contribution is 9.10. The van der Waals surface area contributed by atoms with Crippen molar-refractivity contribution in [2.45, 2.75) is 13.0 Å². The molecule has 0 radical (unpaired) electrons. The maximum Gasteiger partial charge on any atom is 0.253 e. The molecule has 0 aromatic carbocycles. The van der Waals surface area contributed by atoms with E-state index < -0.39 is 6.10 Å². The number of halogens is 1. The van der Waals surface area contributed by atoms with Crippen molar-refractivity contribution in [3.63, 3.8) is 0 Å². The van der Waals surface area contributed by atoms with E-state index in [2.05, 4.69) is 21.2 Å². The first-order valence-corrected chi connectivity index (χ1v) is 5.53.